The molecule has 3 N–H and O–H groups in total. The number of nitrogens with zero attached hydrogens (tertiary/aromatic N) is 3. The smallest absolute Gasteiger partial charge is 0.358 e. The number of aromatic nitrogens is 3. The number of carbonyl (C=O) groups excluding carboxylic acids is 2. The molecule has 1 saturated heterocycles. The van der Waals surface area contributed by atoms with Crippen LogP contribution in [0.25, 0.3) is 0 Å². The molecule has 2 heterocycles. The van der Waals surface area contributed by atoms with Crippen LogP contribution in [0.2, 0.25) is 0 Å². The van der Waals surface area contributed by atoms with Gasteiger partial charge in [-0.15, -0.1) is 5.10 Å². The highest BCUT2D eigenvalue weighted by Crippen LogP contribution is 2.05. The van der Waals surface area contributed by atoms with Gasteiger partial charge in [0.1, 0.15) is 6.04 Å². The minimum atomic E-state index is -1.15. The Bertz CT molecular complexity index is 512. The first-order chi connectivity index (χ1) is 9.06. The second-order valence-electron chi connectivity index (χ2n) is 4.12. The average Bonchev–Trinajstić information content (AvgIpc) is 2.98. The molecule has 2 rings (SSSR count). The van der Waals surface area contributed by atoms with Crippen LogP contribution in [0.4, 0.5) is 0 Å². The molecule has 1 fully saturated rings. The Morgan fingerprint density at radius 3 is 2.95 bits per heavy atom. The Kier molecular flexibility index (Phi) is 3.74. The maximum absolute atomic E-state index is 11.6. The molecule has 1 aliphatic rings. The van der Waals surface area contributed by atoms with Gasteiger partial charge in [0.15, 0.2) is 5.69 Å². The second-order valence-corrected chi connectivity index (χ2v) is 4.12. The van der Waals surface area contributed by atoms with Gasteiger partial charge in [-0.25, -0.2) is 9.48 Å². The number of rotatable bonds is 5. The van der Waals surface area contributed by atoms with E-state index in [1.807, 2.05) is 0 Å². The van der Waals surface area contributed by atoms with Gasteiger partial charge in [0, 0.05) is 13.0 Å². The van der Waals surface area contributed by atoms with Crippen molar-refractivity contribution < 1.29 is 19.5 Å². The van der Waals surface area contributed by atoms with Crippen LogP contribution in [0.5, 0.6) is 0 Å². The molecule has 1 aromatic rings. The number of carboxylic acids is 1. The Labute approximate surface area is 108 Å². The summed E-state index contributed by atoms with van der Waals surface area (Å²) in [5, 5.41) is 20.9. The minimum Gasteiger partial charge on any atom is -0.476 e. The van der Waals surface area contributed by atoms with E-state index in [2.05, 4.69) is 20.9 Å². The number of carbonyl (C=O) groups is 3. The van der Waals surface area contributed by atoms with Crippen LogP contribution in [0.15, 0.2) is 6.20 Å². The molecule has 1 aliphatic heterocycles. The molecule has 1 aromatic heterocycles. The van der Waals surface area contributed by atoms with Crippen molar-refractivity contribution in [3.05, 3.63) is 11.9 Å². The molecule has 0 bridgehead atoms. The number of nitrogens with one attached hydrogen (secondary N) is 2. The molecule has 9 nitrogen and oxygen atoms in total. The first-order valence-corrected chi connectivity index (χ1v) is 5.77. The maximum atomic E-state index is 11.6. The van der Waals surface area contributed by atoms with Gasteiger partial charge in [0.25, 0.3) is 0 Å². The first kappa shape index (κ1) is 13.0. The molecule has 1 unspecified atom stereocenters. The van der Waals surface area contributed by atoms with Crippen molar-refractivity contribution in [2.75, 3.05) is 6.54 Å². The highest BCUT2D eigenvalue weighted by atomic mass is 16.4. The molecule has 0 spiro atoms. The third-order valence-electron chi connectivity index (χ3n) is 2.71. The Morgan fingerprint density at radius 2 is 2.37 bits per heavy atom. The normalized spacial score (nSPS) is 18.1. The molecule has 0 saturated carbocycles. The summed E-state index contributed by atoms with van der Waals surface area (Å²) < 4.78 is 1.33. The zero-order valence-corrected chi connectivity index (χ0v) is 10.00. The van der Waals surface area contributed by atoms with Crippen molar-refractivity contribution >= 4 is 17.8 Å². The summed E-state index contributed by atoms with van der Waals surface area (Å²) in [6, 6.07) is -0.474. The second kappa shape index (κ2) is 5.46. The van der Waals surface area contributed by atoms with Crippen LogP contribution >= 0.6 is 0 Å². The summed E-state index contributed by atoms with van der Waals surface area (Å²) >= 11 is 0. The predicted octanol–water partition coefficient (Wildman–Crippen LogP) is -1.63. The van der Waals surface area contributed by atoms with Gasteiger partial charge in [-0.2, -0.15) is 0 Å². The van der Waals surface area contributed by atoms with E-state index in [0.29, 0.717) is 19.4 Å². The predicted molar refractivity (Wildman–Crippen MR) is 61.2 cm³/mol. The molecular formula is C10H13N5O4. The van der Waals surface area contributed by atoms with Crippen molar-refractivity contribution in [1.29, 1.82) is 0 Å². The SMILES string of the molecule is O=C1CCC(C(=O)NCCn2cc(C(=O)O)nn2)N1. The van der Waals surface area contributed by atoms with E-state index in [0.717, 1.165) is 0 Å². The summed E-state index contributed by atoms with van der Waals surface area (Å²) in [4.78, 5) is 33.2. The number of hydrogen-bond acceptors (Lipinski definition) is 5. The quantitative estimate of drug-likeness (QED) is 0.588. The van der Waals surface area contributed by atoms with Crippen LogP contribution in [-0.4, -0.2) is 50.5 Å². The molecule has 0 radical (unpaired) electrons. The molecule has 0 aromatic carbocycles. The lowest BCUT2D eigenvalue weighted by Crippen LogP contribution is -2.42. The van der Waals surface area contributed by atoms with Crippen molar-refractivity contribution in [2.24, 2.45) is 0 Å². The van der Waals surface area contributed by atoms with Crippen LogP contribution in [0.1, 0.15) is 23.3 Å². The van der Waals surface area contributed by atoms with E-state index in [1.54, 1.807) is 0 Å². The van der Waals surface area contributed by atoms with Gasteiger partial charge >= 0.3 is 5.97 Å². The number of carboxylic acid groups (broad SMARTS) is 1. The lowest BCUT2D eigenvalue weighted by Gasteiger charge is -2.10. The van der Waals surface area contributed by atoms with Gasteiger partial charge in [0.2, 0.25) is 11.8 Å². The van der Waals surface area contributed by atoms with E-state index in [-0.39, 0.29) is 24.1 Å². The van der Waals surface area contributed by atoms with E-state index in [9.17, 15) is 14.4 Å². The topological polar surface area (TPSA) is 126 Å². The lowest BCUT2D eigenvalue weighted by atomic mass is 10.2. The zero-order valence-electron chi connectivity index (χ0n) is 10.00. The van der Waals surface area contributed by atoms with E-state index in [1.165, 1.54) is 10.9 Å². The van der Waals surface area contributed by atoms with Crippen molar-refractivity contribution in [3.63, 3.8) is 0 Å². The summed E-state index contributed by atoms with van der Waals surface area (Å²) in [5.74, 6) is -1.52. The molecule has 2 amide bonds. The van der Waals surface area contributed by atoms with Crippen LogP contribution < -0.4 is 10.6 Å². The summed E-state index contributed by atoms with van der Waals surface area (Å²) in [6.45, 7) is 0.598. The average molecular weight is 267 g/mol. The first-order valence-electron chi connectivity index (χ1n) is 5.77. The van der Waals surface area contributed by atoms with Gasteiger partial charge in [-0.3, -0.25) is 9.59 Å². The minimum absolute atomic E-state index is 0.123. The van der Waals surface area contributed by atoms with Gasteiger partial charge in [-0.05, 0) is 6.42 Å². The van der Waals surface area contributed by atoms with Gasteiger partial charge in [-0.1, -0.05) is 5.21 Å². The standard InChI is InChI=1S/C10H13N5O4/c16-8-2-1-6(12-8)9(17)11-3-4-15-5-7(10(18)19)13-14-15/h5-6H,1-4H2,(H,11,17)(H,12,16)(H,18,19). The third kappa shape index (κ3) is 3.27. The van der Waals surface area contributed by atoms with E-state index >= 15 is 0 Å². The molecule has 9 heteroatoms. The summed E-state index contributed by atoms with van der Waals surface area (Å²) in [7, 11) is 0. The Hall–Kier alpha value is -2.45. The highest BCUT2D eigenvalue weighted by molar-refractivity contribution is 5.90. The van der Waals surface area contributed by atoms with E-state index < -0.39 is 12.0 Å². The molecule has 102 valence electrons. The van der Waals surface area contributed by atoms with Crippen LogP contribution in [0.3, 0.4) is 0 Å². The summed E-state index contributed by atoms with van der Waals surface area (Å²) in [5.41, 5.74) is -0.144. The fraction of sp³-hybridized carbons (Fsp3) is 0.500. The maximum Gasteiger partial charge on any atom is 0.358 e. The zero-order chi connectivity index (χ0) is 13.8. The highest BCUT2D eigenvalue weighted by Gasteiger charge is 2.26. The fourth-order valence-corrected chi connectivity index (χ4v) is 1.73. The van der Waals surface area contributed by atoms with Crippen molar-refractivity contribution in [2.45, 2.75) is 25.4 Å². The lowest BCUT2D eigenvalue weighted by molar-refractivity contribution is -0.125. The van der Waals surface area contributed by atoms with E-state index in [4.69, 9.17) is 5.11 Å². The number of amides is 2. The van der Waals surface area contributed by atoms with Crippen LogP contribution in [-0.2, 0) is 16.1 Å². The monoisotopic (exact) mass is 267 g/mol. The Balaban J connectivity index is 1.75. The van der Waals surface area contributed by atoms with Crippen molar-refractivity contribution in [3.8, 4) is 0 Å². The Morgan fingerprint density at radius 1 is 1.58 bits per heavy atom. The molecule has 0 aliphatic carbocycles. The third-order valence-corrected chi connectivity index (χ3v) is 2.71. The van der Waals surface area contributed by atoms with Gasteiger partial charge in [0.05, 0.1) is 12.7 Å². The number of aromatic carboxylic acids is 1. The fourth-order valence-electron chi connectivity index (χ4n) is 1.73. The molecule has 19 heavy (non-hydrogen) atoms. The van der Waals surface area contributed by atoms with Crippen LogP contribution in [0, 0.1) is 0 Å². The molecule has 1 atom stereocenters. The molecular weight excluding hydrogens is 254 g/mol. The van der Waals surface area contributed by atoms with Crippen molar-refractivity contribution in [1.82, 2.24) is 25.6 Å². The van der Waals surface area contributed by atoms with Gasteiger partial charge < -0.3 is 15.7 Å². The summed E-state index contributed by atoms with van der Waals surface area (Å²) in [6.07, 6.45) is 2.14. The largest absolute Gasteiger partial charge is 0.476 e. The number of hydrogen-bond donors (Lipinski definition) is 3.